The number of carboxylic acid groups (broad SMARTS) is 1. The Balaban J connectivity index is 2.29. The standard InChI is InChI=1S/C11H15NO5/c1-2-16-9(13)3-5-12-7-8-4-6-17-10(8)11(14)15/h4,6,12H,2-3,5,7H2,1H3,(H,14,15). The number of esters is 1. The van der Waals surface area contributed by atoms with E-state index in [0.29, 0.717) is 25.3 Å². The van der Waals surface area contributed by atoms with Crippen LogP contribution in [0.25, 0.3) is 0 Å². The number of furan rings is 1. The van der Waals surface area contributed by atoms with Crippen LogP contribution in [-0.2, 0) is 16.1 Å². The van der Waals surface area contributed by atoms with Crippen molar-refractivity contribution in [1.82, 2.24) is 5.32 Å². The normalized spacial score (nSPS) is 10.2. The summed E-state index contributed by atoms with van der Waals surface area (Å²) in [7, 11) is 0. The Morgan fingerprint density at radius 1 is 1.53 bits per heavy atom. The third-order valence-electron chi connectivity index (χ3n) is 2.07. The molecule has 6 heteroatoms. The molecule has 0 bridgehead atoms. The van der Waals surface area contributed by atoms with Gasteiger partial charge in [-0.05, 0) is 13.0 Å². The van der Waals surface area contributed by atoms with E-state index in [2.05, 4.69) is 5.32 Å². The van der Waals surface area contributed by atoms with Crippen LogP contribution < -0.4 is 5.32 Å². The summed E-state index contributed by atoms with van der Waals surface area (Å²) < 4.78 is 9.56. The van der Waals surface area contributed by atoms with Gasteiger partial charge in [0.25, 0.3) is 0 Å². The molecular formula is C11H15NO5. The molecule has 0 saturated carbocycles. The van der Waals surface area contributed by atoms with E-state index in [4.69, 9.17) is 14.3 Å². The quantitative estimate of drug-likeness (QED) is 0.547. The monoisotopic (exact) mass is 241 g/mol. The van der Waals surface area contributed by atoms with Gasteiger partial charge in [0.15, 0.2) is 0 Å². The fourth-order valence-corrected chi connectivity index (χ4v) is 1.31. The van der Waals surface area contributed by atoms with E-state index in [-0.39, 0.29) is 18.2 Å². The Morgan fingerprint density at radius 2 is 2.29 bits per heavy atom. The first-order chi connectivity index (χ1) is 8.15. The molecule has 0 saturated heterocycles. The minimum absolute atomic E-state index is 0.0753. The molecule has 94 valence electrons. The highest BCUT2D eigenvalue weighted by Crippen LogP contribution is 2.09. The molecule has 2 N–H and O–H groups in total. The number of rotatable bonds is 7. The molecule has 0 aliphatic rings. The number of aromatic carboxylic acids is 1. The highest BCUT2D eigenvalue weighted by Gasteiger charge is 2.13. The third kappa shape index (κ3) is 4.28. The van der Waals surface area contributed by atoms with Crippen molar-refractivity contribution in [2.75, 3.05) is 13.2 Å². The predicted octanol–water partition coefficient (Wildman–Crippen LogP) is 1.02. The molecule has 0 aliphatic carbocycles. The zero-order valence-electron chi connectivity index (χ0n) is 9.56. The maximum atomic E-state index is 11.0. The van der Waals surface area contributed by atoms with Crippen molar-refractivity contribution in [2.24, 2.45) is 0 Å². The van der Waals surface area contributed by atoms with Crippen LogP contribution in [0.15, 0.2) is 16.7 Å². The van der Waals surface area contributed by atoms with Crippen LogP contribution in [0, 0.1) is 0 Å². The van der Waals surface area contributed by atoms with Gasteiger partial charge in [-0.15, -0.1) is 0 Å². The van der Waals surface area contributed by atoms with Crippen molar-refractivity contribution in [3.63, 3.8) is 0 Å². The van der Waals surface area contributed by atoms with Gasteiger partial charge in [0, 0.05) is 18.7 Å². The van der Waals surface area contributed by atoms with E-state index in [9.17, 15) is 9.59 Å². The topological polar surface area (TPSA) is 88.8 Å². The summed E-state index contributed by atoms with van der Waals surface area (Å²) in [6, 6.07) is 1.58. The number of carbonyl (C=O) groups is 2. The van der Waals surface area contributed by atoms with Crippen LogP contribution in [0.5, 0.6) is 0 Å². The fraction of sp³-hybridized carbons (Fsp3) is 0.455. The Bertz CT molecular complexity index is 385. The molecule has 0 spiro atoms. The zero-order chi connectivity index (χ0) is 12.7. The summed E-state index contributed by atoms with van der Waals surface area (Å²) in [4.78, 5) is 21.7. The first kappa shape index (κ1) is 13.2. The predicted molar refractivity (Wildman–Crippen MR) is 58.6 cm³/mol. The van der Waals surface area contributed by atoms with E-state index < -0.39 is 5.97 Å². The first-order valence-corrected chi connectivity index (χ1v) is 5.31. The van der Waals surface area contributed by atoms with Crippen molar-refractivity contribution >= 4 is 11.9 Å². The van der Waals surface area contributed by atoms with E-state index in [1.165, 1.54) is 6.26 Å². The second kappa shape index (κ2) is 6.70. The van der Waals surface area contributed by atoms with Gasteiger partial charge >= 0.3 is 11.9 Å². The second-order valence-electron chi connectivity index (χ2n) is 3.31. The van der Waals surface area contributed by atoms with Gasteiger partial charge in [0.05, 0.1) is 19.3 Å². The van der Waals surface area contributed by atoms with Crippen LogP contribution >= 0.6 is 0 Å². The van der Waals surface area contributed by atoms with E-state index in [0.717, 1.165) is 0 Å². The lowest BCUT2D eigenvalue weighted by atomic mass is 10.2. The van der Waals surface area contributed by atoms with Gasteiger partial charge in [0.2, 0.25) is 5.76 Å². The van der Waals surface area contributed by atoms with Crippen LogP contribution in [0.2, 0.25) is 0 Å². The zero-order valence-corrected chi connectivity index (χ0v) is 9.56. The molecule has 0 fully saturated rings. The lowest BCUT2D eigenvalue weighted by Gasteiger charge is -2.03. The van der Waals surface area contributed by atoms with E-state index in [1.807, 2.05) is 0 Å². The average molecular weight is 241 g/mol. The minimum Gasteiger partial charge on any atom is -0.475 e. The molecule has 0 aromatic carbocycles. The summed E-state index contributed by atoms with van der Waals surface area (Å²) in [5.74, 6) is -1.45. The van der Waals surface area contributed by atoms with E-state index >= 15 is 0 Å². The Morgan fingerprint density at radius 3 is 2.94 bits per heavy atom. The SMILES string of the molecule is CCOC(=O)CCNCc1ccoc1C(=O)O. The number of hydrogen-bond acceptors (Lipinski definition) is 5. The number of carboxylic acids is 1. The minimum atomic E-state index is -1.10. The smallest absolute Gasteiger partial charge is 0.372 e. The molecule has 0 amide bonds. The summed E-state index contributed by atoms with van der Waals surface area (Å²) in [6.45, 7) is 2.89. The highest BCUT2D eigenvalue weighted by atomic mass is 16.5. The molecule has 0 radical (unpaired) electrons. The summed E-state index contributed by atoms with van der Waals surface area (Å²) in [5, 5.41) is 11.7. The van der Waals surface area contributed by atoms with Crippen LogP contribution in [0.4, 0.5) is 0 Å². The number of nitrogens with one attached hydrogen (secondary N) is 1. The number of ether oxygens (including phenoxy) is 1. The molecule has 6 nitrogen and oxygen atoms in total. The molecule has 17 heavy (non-hydrogen) atoms. The fourth-order valence-electron chi connectivity index (χ4n) is 1.31. The lowest BCUT2D eigenvalue weighted by molar-refractivity contribution is -0.142. The van der Waals surface area contributed by atoms with Crippen molar-refractivity contribution in [1.29, 1.82) is 0 Å². The number of hydrogen-bond donors (Lipinski definition) is 2. The second-order valence-corrected chi connectivity index (χ2v) is 3.31. The average Bonchev–Trinajstić information content (AvgIpc) is 2.73. The van der Waals surface area contributed by atoms with Gasteiger partial charge in [-0.2, -0.15) is 0 Å². The number of carbonyl (C=O) groups excluding carboxylic acids is 1. The van der Waals surface area contributed by atoms with Crippen molar-refractivity contribution in [3.8, 4) is 0 Å². The third-order valence-corrected chi connectivity index (χ3v) is 2.07. The Kier molecular flexibility index (Phi) is 5.22. The van der Waals surface area contributed by atoms with Crippen LogP contribution in [-0.4, -0.2) is 30.2 Å². The van der Waals surface area contributed by atoms with Gasteiger partial charge in [-0.25, -0.2) is 4.79 Å². The molecule has 1 rings (SSSR count). The maximum Gasteiger partial charge on any atom is 0.372 e. The highest BCUT2D eigenvalue weighted by molar-refractivity contribution is 5.86. The summed E-state index contributed by atoms with van der Waals surface area (Å²) in [5.41, 5.74) is 0.557. The van der Waals surface area contributed by atoms with Crippen molar-refractivity contribution in [3.05, 3.63) is 23.7 Å². The molecule has 0 atom stereocenters. The lowest BCUT2D eigenvalue weighted by Crippen LogP contribution is -2.19. The van der Waals surface area contributed by atoms with Gasteiger partial charge in [0.1, 0.15) is 0 Å². The maximum absolute atomic E-state index is 11.0. The van der Waals surface area contributed by atoms with Gasteiger partial charge in [-0.1, -0.05) is 0 Å². The summed E-state index contributed by atoms with van der Waals surface area (Å²) in [6.07, 6.45) is 1.58. The summed E-state index contributed by atoms with van der Waals surface area (Å²) >= 11 is 0. The Labute approximate surface area is 98.6 Å². The molecule has 1 aromatic rings. The van der Waals surface area contributed by atoms with Crippen LogP contribution in [0.1, 0.15) is 29.5 Å². The van der Waals surface area contributed by atoms with Gasteiger partial charge in [-0.3, -0.25) is 4.79 Å². The van der Waals surface area contributed by atoms with Gasteiger partial charge < -0.3 is 19.6 Å². The largest absolute Gasteiger partial charge is 0.475 e. The van der Waals surface area contributed by atoms with E-state index in [1.54, 1.807) is 13.0 Å². The van der Waals surface area contributed by atoms with Crippen molar-refractivity contribution < 1.29 is 23.8 Å². The molecule has 1 aromatic heterocycles. The molecule has 0 unspecified atom stereocenters. The van der Waals surface area contributed by atoms with Crippen molar-refractivity contribution in [2.45, 2.75) is 19.9 Å². The Hall–Kier alpha value is -1.82. The molecule has 0 aliphatic heterocycles. The molecular weight excluding hydrogens is 226 g/mol. The first-order valence-electron chi connectivity index (χ1n) is 5.31. The molecule has 1 heterocycles. The van der Waals surface area contributed by atoms with Crippen LogP contribution in [0.3, 0.4) is 0 Å².